The lowest BCUT2D eigenvalue weighted by molar-refractivity contribution is 0.399. The van der Waals surface area contributed by atoms with Crippen molar-refractivity contribution >= 4 is 27.0 Å². The minimum absolute atomic E-state index is 0.249. The number of anilines is 1. The molecule has 7 heteroatoms. The van der Waals surface area contributed by atoms with Crippen LogP contribution in [0, 0.1) is 0 Å². The molecule has 0 bridgehead atoms. The number of hydrogen-bond acceptors (Lipinski definition) is 5. The highest BCUT2D eigenvalue weighted by molar-refractivity contribution is 7.94. The van der Waals surface area contributed by atoms with Gasteiger partial charge in [-0.15, -0.1) is 11.3 Å². The first kappa shape index (κ1) is 14.8. The molecule has 0 saturated heterocycles. The predicted molar refractivity (Wildman–Crippen MR) is 80.0 cm³/mol. The minimum atomic E-state index is -3.60. The fraction of sp³-hybridized carbons (Fsp3) is 0.308. The zero-order valence-corrected chi connectivity index (χ0v) is 13.1. The van der Waals surface area contributed by atoms with Crippen molar-refractivity contribution in [1.29, 1.82) is 0 Å². The summed E-state index contributed by atoms with van der Waals surface area (Å²) in [6.07, 6.45) is 1.69. The summed E-state index contributed by atoms with van der Waals surface area (Å²) in [5.41, 5.74) is 1.29. The van der Waals surface area contributed by atoms with Gasteiger partial charge in [-0.2, -0.15) is 0 Å². The van der Waals surface area contributed by atoms with Gasteiger partial charge in [0.25, 0.3) is 10.0 Å². The summed E-state index contributed by atoms with van der Waals surface area (Å²) < 4.78 is 32.4. The highest BCUT2D eigenvalue weighted by Gasteiger charge is 2.18. The number of hydrogen-bond donors (Lipinski definition) is 1. The zero-order chi connectivity index (χ0) is 14.8. The van der Waals surface area contributed by atoms with Crippen LogP contribution < -0.4 is 9.46 Å². The molecule has 0 aliphatic carbocycles. The molecular weight excluding hydrogens is 296 g/mol. The lowest BCUT2D eigenvalue weighted by atomic mass is 10.1. The molecule has 0 amide bonds. The molecule has 20 heavy (non-hydrogen) atoms. The molecule has 0 atom stereocenters. The molecule has 0 spiro atoms. The number of rotatable bonds is 5. The summed E-state index contributed by atoms with van der Waals surface area (Å²) in [5.74, 6) is 0.507. The summed E-state index contributed by atoms with van der Waals surface area (Å²) >= 11 is 1.16. The van der Waals surface area contributed by atoms with Gasteiger partial charge in [0.15, 0.2) is 0 Å². The Balaban J connectivity index is 2.39. The van der Waals surface area contributed by atoms with Crippen LogP contribution in [0.3, 0.4) is 0 Å². The summed E-state index contributed by atoms with van der Waals surface area (Å²) in [6, 6.07) is 5.00. The molecule has 0 fully saturated rings. The molecular formula is C13H16N2O3S2. The van der Waals surface area contributed by atoms with E-state index in [2.05, 4.69) is 9.71 Å². The molecule has 2 heterocycles. The maximum atomic E-state index is 12.2. The Morgan fingerprint density at radius 2 is 2.15 bits per heavy atom. The van der Waals surface area contributed by atoms with E-state index in [4.69, 9.17) is 4.74 Å². The Morgan fingerprint density at radius 3 is 2.70 bits per heavy atom. The van der Waals surface area contributed by atoms with Gasteiger partial charge in [-0.25, -0.2) is 13.4 Å². The largest absolute Gasteiger partial charge is 0.480 e. The third-order valence-corrected chi connectivity index (χ3v) is 5.50. The molecule has 2 aromatic heterocycles. The molecule has 2 aromatic rings. The second kappa shape index (κ2) is 5.80. The van der Waals surface area contributed by atoms with Crippen molar-refractivity contribution in [1.82, 2.24) is 4.98 Å². The van der Waals surface area contributed by atoms with E-state index < -0.39 is 10.0 Å². The Morgan fingerprint density at radius 1 is 1.40 bits per heavy atom. The summed E-state index contributed by atoms with van der Waals surface area (Å²) in [6.45, 7) is 4.03. The van der Waals surface area contributed by atoms with E-state index in [1.54, 1.807) is 29.8 Å². The average molecular weight is 312 g/mol. The van der Waals surface area contributed by atoms with E-state index in [0.717, 1.165) is 16.9 Å². The van der Waals surface area contributed by atoms with Crippen molar-refractivity contribution in [3.8, 4) is 5.88 Å². The lowest BCUT2D eigenvalue weighted by Gasteiger charge is -2.13. The number of aromatic nitrogens is 1. The standard InChI is InChI=1S/C13H16N2O3S2/c1-9(2)10-7-11(13(18-3)14-8-10)15-20(16,17)12-5-4-6-19-12/h4-9,15H,1-3H3. The molecule has 0 aromatic carbocycles. The second-order valence-corrected chi connectivity index (χ2v) is 7.37. The second-order valence-electron chi connectivity index (χ2n) is 4.52. The fourth-order valence-electron chi connectivity index (χ4n) is 1.63. The summed E-state index contributed by atoms with van der Waals surface area (Å²) in [5, 5.41) is 1.72. The number of sulfonamides is 1. The van der Waals surface area contributed by atoms with Gasteiger partial charge in [0.1, 0.15) is 9.90 Å². The number of thiophene rings is 1. The fourth-order valence-corrected chi connectivity index (χ4v) is 3.67. The van der Waals surface area contributed by atoms with E-state index in [9.17, 15) is 8.42 Å². The van der Waals surface area contributed by atoms with E-state index in [0.29, 0.717) is 5.69 Å². The quantitative estimate of drug-likeness (QED) is 0.921. The van der Waals surface area contributed by atoms with E-state index in [1.165, 1.54) is 7.11 Å². The smallest absolute Gasteiger partial charge is 0.271 e. The van der Waals surface area contributed by atoms with Gasteiger partial charge in [0, 0.05) is 6.20 Å². The third-order valence-electron chi connectivity index (χ3n) is 2.74. The lowest BCUT2D eigenvalue weighted by Crippen LogP contribution is -2.13. The molecule has 108 valence electrons. The third kappa shape index (κ3) is 3.10. The van der Waals surface area contributed by atoms with Crippen LogP contribution in [0.1, 0.15) is 25.3 Å². The van der Waals surface area contributed by atoms with Gasteiger partial charge in [-0.1, -0.05) is 19.9 Å². The number of nitrogens with one attached hydrogen (secondary N) is 1. The van der Waals surface area contributed by atoms with Crippen molar-refractivity contribution in [2.75, 3.05) is 11.8 Å². The van der Waals surface area contributed by atoms with Gasteiger partial charge < -0.3 is 4.74 Å². The zero-order valence-electron chi connectivity index (χ0n) is 11.5. The van der Waals surface area contributed by atoms with Crippen molar-refractivity contribution in [2.45, 2.75) is 24.0 Å². The van der Waals surface area contributed by atoms with Crippen LogP contribution in [0.2, 0.25) is 0 Å². The van der Waals surface area contributed by atoms with Crippen LogP contribution in [-0.2, 0) is 10.0 Å². The maximum absolute atomic E-state index is 12.2. The summed E-state index contributed by atoms with van der Waals surface area (Å²) in [7, 11) is -2.14. The molecule has 0 unspecified atom stereocenters. The Hall–Kier alpha value is -1.60. The van der Waals surface area contributed by atoms with Crippen LogP contribution in [0.25, 0.3) is 0 Å². The first-order valence-electron chi connectivity index (χ1n) is 6.04. The minimum Gasteiger partial charge on any atom is -0.480 e. The highest BCUT2D eigenvalue weighted by atomic mass is 32.2. The SMILES string of the molecule is COc1ncc(C(C)C)cc1NS(=O)(=O)c1cccs1. The van der Waals surface area contributed by atoms with Crippen LogP contribution in [0.4, 0.5) is 5.69 Å². The number of ether oxygens (including phenoxy) is 1. The Labute approximate surface area is 122 Å². The molecule has 0 aliphatic rings. The van der Waals surface area contributed by atoms with Crippen molar-refractivity contribution in [3.63, 3.8) is 0 Å². The summed E-state index contributed by atoms with van der Waals surface area (Å²) in [4.78, 5) is 4.14. The molecule has 0 aliphatic heterocycles. The highest BCUT2D eigenvalue weighted by Crippen LogP contribution is 2.29. The van der Waals surface area contributed by atoms with Gasteiger partial charge in [-0.3, -0.25) is 4.72 Å². The maximum Gasteiger partial charge on any atom is 0.271 e. The van der Waals surface area contributed by atoms with Gasteiger partial charge in [0.05, 0.1) is 7.11 Å². The van der Waals surface area contributed by atoms with Gasteiger partial charge in [0.2, 0.25) is 5.88 Å². The van der Waals surface area contributed by atoms with E-state index in [-0.39, 0.29) is 16.0 Å². The molecule has 5 nitrogen and oxygen atoms in total. The predicted octanol–water partition coefficient (Wildman–Crippen LogP) is 3.08. The van der Waals surface area contributed by atoms with E-state index in [1.807, 2.05) is 13.8 Å². The van der Waals surface area contributed by atoms with Crippen molar-refractivity contribution in [2.24, 2.45) is 0 Å². The Bertz CT molecular complexity index is 680. The van der Waals surface area contributed by atoms with Crippen molar-refractivity contribution in [3.05, 3.63) is 35.3 Å². The monoisotopic (exact) mass is 312 g/mol. The van der Waals surface area contributed by atoms with Gasteiger partial charge >= 0.3 is 0 Å². The van der Waals surface area contributed by atoms with Gasteiger partial charge in [-0.05, 0) is 29.0 Å². The number of pyridine rings is 1. The van der Waals surface area contributed by atoms with Crippen molar-refractivity contribution < 1.29 is 13.2 Å². The number of nitrogens with zero attached hydrogens (tertiary/aromatic N) is 1. The molecule has 0 radical (unpaired) electrons. The topological polar surface area (TPSA) is 68.3 Å². The molecule has 1 N–H and O–H groups in total. The average Bonchev–Trinajstić information content (AvgIpc) is 2.92. The van der Waals surface area contributed by atoms with Crippen LogP contribution >= 0.6 is 11.3 Å². The van der Waals surface area contributed by atoms with Crippen LogP contribution in [0.15, 0.2) is 34.0 Å². The Kier molecular flexibility index (Phi) is 4.29. The first-order chi connectivity index (χ1) is 9.44. The molecule has 2 rings (SSSR count). The van der Waals surface area contributed by atoms with Crippen LogP contribution in [-0.4, -0.2) is 20.5 Å². The molecule has 0 saturated carbocycles. The van der Waals surface area contributed by atoms with Crippen LogP contribution in [0.5, 0.6) is 5.88 Å². The first-order valence-corrected chi connectivity index (χ1v) is 8.40. The number of methoxy groups -OCH3 is 1. The normalized spacial score (nSPS) is 11.6. The van der Waals surface area contributed by atoms with E-state index >= 15 is 0 Å².